The van der Waals surface area contributed by atoms with Gasteiger partial charge in [-0.3, -0.25) is 0 Å². The molecule has 1 saturated heterocycles. The van der Waals surface area contributed by atoms with Gasteiger partial charge >= 0.3 is 0 Å². The first-order chi connectivity index (χ1) is 6.83. The molecule has 1 aliphatic heterocycles. The molecule has 0 aromatic heterocycles. The van der Waals surface area contributed by atoms with Crippen LogP contribution in [0.1, 0.15) is 26.2 Å². The Morgan fingerprint density at radius 1 is 1.43 bits per heavy atom. The number of rotatable bonds is 5. The summed E-state index contributed by atoms with van der Waals surface area (Å²) in [6.45, 7) is 5.96. The summed E-state index contributed by atoms with van der Waals surface area (Å²) in [4.78, 5) is 0. The predicted octanol–water partition coefficient (Wildman–Crippen LogP) is 1.43. The fraction of sp³-hybridized carbons (Fsp3) is 1.00. The van der Waals surface area contributed by atoms with Crippen molar-refractivity contribution in [2.24, 2.45) is 5.92 Å². The van der Waals surface area contributed by atoms with Crippen LogP contribution in [0, 0.1) is 5.92 Å². The fourth-order valence-corrected chi connectivity index (χ4v) is 1.82. The second kappa shape index (κ2) is 7.21. The van der Waals surface area contributed by atoms with E-state index in [4.69, 9.17) is 9.47 Å². The lowest BCUT2D eigenvalue weighted by molar-refractivity contribution is 0.141. The van der Waals surface area contributed by atoms with Crippen LogP contribution >= 0.6 is 0 Å². The van der Waals surface area contributed by atoms with E-state index >= 15 is 0 Å². The van der Waals surface area contributed by atoms with E-state index in [-0.39, 0.29) is 0 Å². The highest BCUT2D eigenvalue weighted by atomic mass is 16.5. The van der Waals surface area contributed by atoms with Gasteiger partial charge in [-0.05, 0) is 25.2 Å². The third-order valence-corrected chi connectivity index (χ3v) is 2.66. The van der Waals surface area contributed by atoms with Gasteiger partial charge in [0.05, 0.1) is 0 Å². The van der Waals surface area contributed by atoms with Crippen molar-refractivity contribution in [2.75, 3.05) is 33.5 Å². The third-order valence-electron chi connectivity index (χ3n) is 2.66. The summed E-state index contributed by atoms with van der Waals surface area (Å²) in [7, 11) is 1.76. The van der Waals surface area contributed by atoms with Gasteiger partial charge in [-0.15, -0.1) is 0 Å². The lowest BCUT2D eigenvalue weighted by Gasteiger charge is -2.18. The lowest BCUT2D eigenvalue weighted by atomic mass is 10.1. The maximum Gasteiger partial charge on any atom is 0.0499 e. The zero-order valence-electron chi connectivity index (χ0n) is 9.42. The van der Waals surface area contributed by atoms with E-state index in [1.165, 1.54) is 12.8 Å². The van der Waals surface area contributed by atoms with Crippen molar-refractivity contribution < 1.29 is 9.47 Å². The van der Waals surface area contributed by atoms with Gasteiger partial charge in [-0.1, -0.05) is 6.92 Å². The molecule has 14 heavy (non-hydrogen) atoms. The van der Waals surface area contributed by atoms with E-state index in [9.17, 15) is 0 Å². The zero-order valence-corrected chi connectivity index (χ0v) is 9.42. The predicted molar refractivity (Wildman–Crippen MR) is 57.5 cm³/mol. The molecule has 1 fully saturated rings. The van der Waals surface area contributed by atoms with Gasteiger partial charge in [-0.2, -0.15) is 0 Å². The van der Waals surface area contributed by atoms with Gasteiger partial charge in [0, 0.05) is 39.5 Å². The van der Waals surface area contributed by atoms with Crippen LogP contribution in [0.4, 0.5) is 0 Å². The van der Waals surface area contributed by atoms with E-state index < -0.39 is 0 Å². The second-order valence-electron chi connectivity index (χ2n) is 4.21. The molecular formula is C11H23NO2. The van der Waals surface area contributed by atoms with Crippen LogP contribution in [0.25, 0.3) is 0 Å². The Labute approximate surface area is 87.2 Å². The molecule has 0 aromatic carbocycles. The highest BCUT2D eigenvalue weighted by molar-refractivity contribution is 4.70. The Bertz CT molecular complexity index is 133. The molecular weight excluding hydrogens is 178 g/mol. The van der Waals surface area contributed by atoms with Crippen molar-refractivity contribution in [2.45, 2.75) is 32.2 Å². The molecule has 1 N–H and O–H groups in total. The minimum Gasteiger partial charge on any atom is -0.384 e. The molecule has 0 radical (unpaired) electrons. The number of hydrogen-bond acceptors (Lipinski definition) is 3. The van der Waals surface area contributed by atoms with E-state index in [1.54, 1.807) is 7.11 Å². The molecule has 3 nitrogen and oxygen atoms in total. The summed E-state index contributed by atoms with van der Waals surface area (Å²) in [6, 6.07) is 0.650. The molecule has 2 atom stereocenters. The summed E-state index contributed by atoms with van der Waals surface area (Å²) in [5.74, 6) is 0.601. The van der Waals surface area contributed by atoms with Gasteiger partial charge in [0.25, 0.3) is 0 Å². The summed E-state index contributed by atoms with van der Waals surface area (Å²) in [6.07, 6.45) is 3.59. The van der Waals surface area contributed by atoms with Gasteiger partial charge < -0.3 is 14.8 Å². The Kier molecular flexibility index (Phi) is 6.15. The van der Waals surface area contributed by atoms with Gasteiger partial charge in [-0.25, -0.2) is 0 Å². The molecule has 0 saturated carbocycles. The maximum absolute atomic E-state index is 5.41. The van der Waals surface area contributed by atoms with Gasteiger partial charge in [0.15, 0.2) is 0 Å². The average Bonchev–Trinajstić information content (AvgIpc) is 2.43. The topological polar surface area (TPSA) is 30.5 Å². The van der Waals surface area contributed by atoms with E-state index in [1.807, 2.05) is 0 Å². The minimum absolute atomic E-state index is 0.601. The van der Waals surface area contributed by atoms with Crippen molar-refractivity contribution >= 4 is 0 Å². The van der Waals surface area contributed by atoms with Crippen LogP contribution in [0.15, 0.2) is 0 Å². The standard InChI is InChI=1S/C11H23NO2/c1-10(9-13-2)8-12-11-4-3-6-14-7-5-11/h10-12H,3-9H2,1-2H3. The normalized spacial score (nSPS) is 25.7. The van der Waals surface area contributed by atoms with E-state index in [0.717, 1.165) is 32.8 Å². The molecule has 0 bridgehead atoms. The molecule has 1 heterocycles. The SMILES string of the molecule is COCC(C)CNC1CCCOCC1. The Morgan fingerprint density at radius 3 is 3.07 bits per heavy atom. The molecule has 2 unspecified atom stereocenters. The highest BCUT2D eigenvalue weighted by Gasteiger charge is 2.12. The number of methoxy groups -OCH3 is 1. The average molecular weight is 201 g/mol. The second-order valence-corrected chi connectivity index (χ2v) is 4.21. The Hall–Kier alpha value is -0.120. The summed E-state index contributed by atoms with van der Waals surface area (Å²) >= 11 is 0. The van der Waals surface area contributed by atoms with Crippen LogP contribution in [-0.2, 0) is 9.47 Å². The largest absolute Gasteiger partial charge is 0.384 e. The zero-order chi connectivity index (χ0) is 10.2. The van der Waals surface area contributed by atoms with Crippen molar-refractivity contribution in [1.82, 2.24) is 5.32 Å². The lowest BCUT2D eigenvalue weighted by Crippen LogP contribution is -2.34. The number of ether oxygens (including phenoxy) is 2. The highest BCUT2D eigenvalue weighted by Crippen LogP contribution is 2.08. The Morgan fingerprint density at radius 2 is 2.29 bits per heavy atom. The van der Waals surface area contributed by atoms with Crippen molar-refractivity contribution in [3.8, 4) is 0 Å². The molecule has 0 spiro atoms. The molecule has 0 aliphatic carbocycles. The summed E-state index contributed by atoms with van der Waals surface area (Å²) < 4.78 is 10.5. The van der Waals surface area contributed by atoms with E-state index in [0.29, 0.717) is 12.0 Å². The number of hydrogen-bond donors (Lipinski definition) is 1. The molecule has 1 rings (SSSR count). The quantitative estimate of drug-likeness (QED) is 0.730. The van der Waals surface area contributed by atoms with Crippen LogP contribution in [-0.4, -0.2) is 39.5 Å². The fourth-order valence-electron chi connectivity index (χ4n) is 1.82. The van der Waals surface area contributed by atoms with Crippen LogP contribution in [0.3, 0.4) is 0 Å². The first-order valence-electron chi connectivity index (χ1n) is 5.63. The molecule has 84 valence electrons. The molecule has 1 aliphatic rings. The number of nitrogens with one attached hydrogen (secondary N) is 1. The van der Waals surface area contributed by atoms with Crippen molar-refractivity contribution in [1.29, 1.82) is 0 Å². The van der Waals surface area contributed by atoms with Crippen molar-refractivity contribution in [3.63, 3.8) is 0 Å². The monoisotopic (exact) mass is 201 g/mol. The van der Waals surface area contributed by atoms with Crippen LogP contribution in [0.2, 0.25) is 0 Å². The Balaban J connectivity index is 2.09. The van der Waals surface area contributed by atoms with Crippen molar-refractivity contribution in [3.05, 3.63) is 0 Å². The van der Waals surface area contributed by atoms with Crippen LogP contribution in [0.5, 0.6) is 0 Å². The van der Waals surface area contributed by atoms with Gasteiger partial charge in [0.2, 0.25) is 0 Å². The molecule has 0 amide bonds. The smallest absolute Gasteiger partial charge is 0.0499 e. The summed E-state index contributed by atoms with van der Waals surface area (Å²) in [5.41, 5.74) is 0. The first-order valence-corrected chi connectivity index (χ1v) is 5.63. The third kappa shape index (κ3) is 4.94. The summed E-state index contributed by atoms with van der Waals surface area (Å²) in [5, 5.41) is 3.59. The van der Waals surface area contributed by atoms with Gasteiger partial charge in [0.1, 0.15) is 0 Å². The van der Waals surface area contributed by atoms with Crippen LogP contribution < -0.4 is 5.32 Å². The molecule has 0 aromatic rings. The van der Waals surface area contributed by atoms with E-state index in [2.05, 4.69) is 12.2 Å². The maximum atomic E-state index is 5.41. The molecule has 3 heteroatoms. The minimum atomic E-state index is 0.601. The first kappa shape index (κ1) is 12.0.